The number of hydrogen-bond donors (Lipinski definition) is 1. The highest BCUT2D eigenvalue weighted by molar-refractivity contribution is 5.18. The predicted molar refractivity (Wildman–Crippen MR) is 67.8 cm³/mol. The predicted octanol–water partition coefficient (Wildman–Crippen LogP) is 2.01. The van der Waals surface area contributed by atoms with Crippen LogP contribution in [-0.2, 0) is 19.9 Å². The lowest BCUT2D eigenvalue weighted by atomic mass is 10.0. The first-order chi connectivity index (χ1) is 8.54. The van der Waals surface area contributed by atoms with E-state index >= 15 is 0 Å². The van der Waals surface area contributed by atoms with Crippen LogP contribution >= 0.6 is 0 Å². The average molecular weight is 248 g/mol. The minimum Gasteiger partial charge on any atom is -0.392 e. The molecule has 96 valence electrons. The van der Waals surface area contributed by atoms with Gasteiger partial charge in [0.2, 0.25) is 0 Å². The average Bonchev–Trinajstić information content (AvgIpc) is 2.61. The van der Waals surface area contributed by atoms with Crippen molar-refractivity contribution in [2.24, 2.45) is 7.05 Å². The van der Waals surface area contributed by atoms with Crippen molar-refractivity contribution in [3.63, 3.8) is 0 Å². The number of halogens is 1. The monoisotopic (exact) mass is 248 g/mol. The Morgan fingerprint density at radius 1 is 1.28 bits per heavy atom. The van der Waals surface area contributed by atoms with Crippen molar-refractivity contribution in [3.8, 4) is 0 Å². The van der Waals surface area contributed by atoms with Crippen LogP contribution in [0.15, 0.2) is 30.3 Å². The highest BCUT2D eigenvalue weighted by atomic mass is 19.1. The molecule has 1 heterocycles. The maximum Gasteiger partial charge on any atom is 0.123 e. The molecule has 0 aliphatic heterocycles. The number of benzene rings is 1. The molecule has 0 amide bonds. The molecule has 0 fully saturated rings. The Labute approximate surface area is 106 Å². The molecular weight excluding hydrogens is 231 g/mol. The van der Waals surface area contributed by atoms with E-state index in [9.17, 15) is 9.50 Å². The molecular formula is C14H17FN2O. The molecule has 0 aliphatic rings. The molecule has 2 aromatic rings. The number of nitrogens with zero attached hydrogens (tertiary/aromatic N) is 2. The molecule has 3 nitrogen and oxygen atoms in total. The third-order valence-electron chi connectivity index (χ3n) is 2.93. The zero-order valence-corrected chi connectivity index (χ0v) is 10.6. The normalized spacial score (nSPS) is 12.7. The molecule has 1 aromatic carbocycles. The maximum absolute atomic E-state index is 12.8. The van der Waals surface area contributed by atoms with Crippen LogP contribution < -0.4 is 0 Å². The Morgan fingerprint density at radius 2 is 1.94 bits per heavy atom. The van der Waals surface area contributed by atoms with Gasteiger partial charge < -0.3 is 5.11 Å². The molecule has 0 spiro atoms. The van der Waals surface area contributed by atoms with E-state index in [1.165, 1.54) is 12.1 Å². The van der Waals surface area contributed by atoms with Gasteiger partial charge in [-0.05, 0) is 37.1 Å². The summed E-state index contributed by atoms with van der Waals surface area (Å²) in [4.78, 5) is 0. The summed E-state index contributed by atoms with van der Waals surface area (Å²) >= 11 is 0. The van der Waals surface area contributed by atoms with Crippen LogP contribution in [0.5, 0.6) is 0 Å². The second kappa shape index (κ2) is 5.31. The van der Waals surface area contributed by atoms with Crippen molar-refractivity contribution in [3.05, 3.63) is 53.1 Å². The van der Waals surface area contributed by atoms with E-state index in [1.807, 2.05) is 20.0 Å². The molecule has 1 N–H and O–H groups in total. The standard InChI is InChI=1S/C14H17FN2O/c1-10-7-13(17(2)16-10)9-14(18)8-11-3-5-12(15)6-4-11/h3-7,14,18H,8-9H2,1-2H3. The van der Waals surface area contributed by atoms with Gasteiger partial charge in [0.25, 0.3) is 0 Å². The van der Waals surface area contributed by atoms with Gasteiger partial charge in [-0.25, -0.2) is 4.39 Å². The van der Waals surface area contributed by atoms with E-state index in [0.717, 1.165) is 17.0 Å². The lowest BCUT2D eigenvalue weighted by Gasteiger charge is -2.10. The highest BCUT2D eigenvalue weighted by Crippen LogP contribution is 2.10. The van der Waals surface area contributed by atoms with Crippen LogP contribution in [-0.4, -0.2) is 21.0 Å². The fraction of sp³-hybridized carbons (Fsp3) is 0.357. The van der Waals surface area contributed by atoms with Crippen molar-refractivity contribution < 1.29 is 9.50 Å². The molecule has 1 aromatic heterocycles. The van der Waals surface area contributed by atoms with Gasteiger partial charge in [-0.2, -0.15) is 5.10 Å². The molecule has 0 saturated carbocycles. The van der Waals surface area contributed by atoms with Crippen LogP contribution in [0.25, 0.3) is 0 Å². The Kier molecular flexibility index (Phi) is 3.77. The van der Waals surface area contributed by atoms with E-state index in [4.69, 9.17) is 0 Å². The zero-order chi connectivity index (χ0) is 13.1. The highest BCUT2D eigenvalue weighted by Gasteiger charge is 2.10. The first kappa shape index (κ1) is 12.8. The maximum atomic E-state index is 12.8. The summed E-state index contributed by atoms with van der Waals surface area (Å²) in [6, 6.07) is 8.19. The Hall–Kier alpha value is -1.68. The number of hydrogen-bond acceptors (Lipinski definition) is 2. The second-order valence-corrected chi connectivity index (χ2v) is 4.59. The summed E-state index contributed by atoms with van der Waals surface area (Å²) in [6.07, 6.45) is 0.587. The Bertz CT molecular complexity index is 519. The first-order valence-electron chi connectivity index (χ1n) is 5.96. The fourth-order valence-corrected chi connectivity index (χ4v) is 2.06. The molecule has 0 radical (unpaired) electrons. The van der Waals surface area contributed by atoms with Gasteiger partial charge in [-0.1, -0.05) is 12.1 Å². The number of rotatable bonds is 4. The van der Waals surface area contributed by atoms with Crippen molar-refractivity contribution >= 4 is 0 Å². The fourth-order valence-electron chi connectivity index (χ4n) is 2.06. The number of aliphatic hydroxyl groups is 1. The second-order valence-electron chi connectivity index (χ2n) is 4.59. The van der Waals surface area contributed by atoms with Gasteiger partial charge in [0.1, 0.15) is 5.82 Å². The van der Waals surface area contributed by atoms with Crippen molar-refractivity contribution in [1.29, 1.82) is 0 Å². The molecule has 0 bridgehead atoms. The van der Waals surface area contributed by atoms with Gasteiger partial charge in [-0.15, -0.1) is 0 Å². The van der Waals surface area contributed by atoms with Crippen LogP contribution in [0.4, 0.5) is 4.39 Å². The summed E-state index contributed by atoms with van der Waals surface area (Å²) in [7, 11) is 1.87. The van der Waals surface area contributed by atoms with E-state index in [-0.39, 0.29) is 5.82 Å². The van der Waals surface area contributed by atoms with Gasteiger partial charge in [0.15, 0.2) is 0 Å². The minimum absolute atomic E-state index is 0.254. The molecule has 1 atom stereocenters. The Morgan fingerprint density at radius 3 is 2.50 bits per heavy atom. The summed E-state index contributed by atoms with van der Waals surface area (Å²) < 4.78 is 14.5. The third kappa shape index (κ3) is 3.17. The number of aryl methyl sites for hydroxylation is 2. The van der Waals surface area contributed by atoms with E-state index in [0.29, 0.717) is 12.8 Å². The smallest absolute Gasteiger partial charge is 0.123 e. The van der Waals surface area contributed by atoms with Crippen LogP contribution in [0.2, 0.25) is 0 Å². The Balaban J connectivity index is 1.98. The van der Waals surface area contributed by atoms with Gasteiger partial charge >= 0.3 is 0 Å². The number of aliphatic hydroxyl groups excluding tert-OH is 1. The van der Waals surface area contributed by atoms with Crippen LogP contribution in [0.1, 0.15) is 17.0 Å². The van der Waals surface area contributed by atoms with Gasteiger partial charge in [-0.3, -0.25) is 4.68 Å². The van der Waals surface area contributed by atoms with Crippen molar-refractivity contribution in [1.82, 2.24) is 9.78 Å². The zero-order valence-electron chi connectivity index (χ0n) is 10.6. The molecule has 1 unspecified atom stereocenters. The minimum atomic E-state index is -0.481. The van der Waals surface area contributed by atoms with E-state index in [2.05, 4.69) is 5.10 Å². The topological polar surface area (TPSA) is 38.0 Å². The third-order valence-corrected chi connectivity index (χ3v) is 2.93. The summed E-state index contributed by atoms with van der Waals surface area (Å²) in [5.74, 6) is -0.254. The van der Waals surface area contributed by atoms with Gasteiger partial charge in [0.05, 0.1) is 11.8 Å². The van der Waals surface area contributed by atoms with Crippen LogP contribution in [0.3, 0.4) is 0 Å². The van der Waals surface area contributed by atoms with E-state index in [1.54, 1.807) is 16.8 Å². The summed E-state index contributed by atoms with van der Waals surface area (Å²) in [5, 5.41) is 14.3. The lowest BCUT2D eigenvalue weighted by Crippen LogP contribution is -2.16. The van der Waals surface area contributed by atoms with Crippen molar-refractivity contribution in [2.45, 2.75) is 25.9 Å². The molecule has 18 heavy (non-hydrogen) atoms. The SMILES string of the molecule is Cc1cc(CC(O)Cc2ccc(F)cc2)n(C)n1. The molecule has 0 aliphatic carbocycles. The molecule has 0 saturated heterocycles. The van der Waals surface area contributed by atoms with Gasteiger partial charge in [0, 0.05) is 19.2 Å². The number of aromatic nitrogens is 2. The summed E-state index contributed by atoms with van der Waals surface area (Å²) in [5.41, 5.74) is 2.88. The van der Waals surface area contributed by atoms with Crippen LogP contribution in [0, 0.1) is 12.7 Å². The largest absolute Gasteiger partial charge is 0.392 e. The molecule has 2 rings (SSSR count). The quantitative estimate of drug-likeness (QED) is 0.899. The van der Waals surface area contributed by atoms with E-state index < -0.39 is 6.10 Å². The first-order valence-corrected chi connectivity index (χ1v) is 5.96. The van der Waals surface area contributed by atoms with Crippen molar-refractivity contribution in [2.75, 3.05) is 0 Å². The molecule has 4 heteroatoms. The lowest BCUT2D eigenvalue weighted by molar-refractivity contribution is 0.173. The summed E-state index contributed by atoms with van der Waals surface area (Å²) in [6.45, 7) is 1.93.